The van der Waals surface area contributed by atoms with Gasteiger partial charge in [-0.3, -0.25) is 14.6 Å². The van der Waals surface area contributed by atoms with Crippen LogP contribution in [0.15, 0.2) is 60.7 Å². The van der Waals surface area contributed by atoms with Gasteiger partial charge in [-0.25, -0.2) is 4.79 Å². The van der Waals surface area contributed by atoms with Gasteiger partial charge in [0, 0.05) is 33.3 Å². The monoisotopic (exact) mass is 451 g/mol. The highest BCUT2D eigenvalue weighted by atomic mass is 16.5. The maximum Gasteiger partial charge on any atom is 0.327 e. The average Bonchev–Trinajstić information content (AvgIpc) is 3.04. The minimum atomic E-state index is -0.776. The van der Waals surface area contributed by atoms with E-state index in [4.69, 9.17) is 9.47 Å². The number of piperidine rings is 1. The van der Waals surface area contributed by atoms with Crippen molar-refractivity contribution in [2.75, 3.05) is 46.5 Å². The zero-order valence-corrected chi connectivity index (χ0v) is 19.3. The van der Waals surface area contributed by atoms with E-state index in [0.717, 1.165) is 25.2 Å². The maximum atomic E-state index is 13.5. The van der Waals surface area contributed by atoms with E-state index < -0.39 is 5.54 Å². The molecule has 0 unspecified atom stereocenters. The fourth-order valence-electron chi connectivity index (χ4n) is 4.80. The molecule has 0 saturated carbocycles. The molecule has 7 nitrogen and oxygen atoms in total. The van der Waals surface area contributed by atoms with Crippen molar-refractivity contribution >= 4 is 11.9 Å². The summed E-state index contributed by atoms with van der Waals surface area (Å²) in [5, 5.41) is 0. The zero-order chi connectivity index (χ0) is 23.1. The Bertz CT molecular complexity index is 914. The van der Waals surface area contributed by atoms with Crippen molar-refractivity contribution < 1.29 is 19.1 Å². The molecule has 176 valence electrons. The quantitative estimate of drug-likeness (QED) is 0.410. The summed E-state index contributed by atoms with van der Waals surface area (Å²) in [5.74, 6) is -0.0914. The molecule has 0 aliphatic carbocycles. The Hall–Kier alpha value is -2.74. The van der Waals surface area contributed by atoms with Gasteiger partial charge in [0.15, 0.2) is 0 Å². The number of carbonyl (C=O) groups is 2. The van der Waals surface area contributed by atoms with Crippen molar-refractivity contribution in [3.63, 3.8) is 0 Å². The largest absolute Gasteiger partial charge is 0.383 e. The first-order valence-corrected chi connectivity index (χ1v) is 11.6. The average molecular weight is 452 g/mol. The van der Waals surface area contributed by atoms with Crippen molar-refractivity contribution in [2.24, 2.45) is 0 Å². The van der Waals surface area contributed by atoms with Crippen LogP contribution in [0.3, 0.4) is 0 Å². The van der Waals surface area contributed by atoms with Gasteiger partial charge in [0.05, 0.1) is 26.4 Å². The third kappa shape index (κ3) is 5.27. The fourth-order valence-corrected chi connectivity index (χ4v) is 4.80. The number of hydrogen-bond donors (Lipinski definition) is 0. The van der Waals surface area contributed by atoms with Crippen LogP contribution in [0.1, 0.15) is 24.0 Å². The SMILES string of the molecule is COCCN1C(=O)N(CCOCc2ccccc2)C(=O)C12CCN(Cc1ccccc1)CC2. The first-order valence-electron chi connectivity index (χ1n) is 11.6. The van der Waals surface area contributed by atoms with Gasteiger partial charge in [-0.15, -0.1) is 0 Å². The molecule has 4 rings (SSSR count). The van der Waals surface area contributed by atoms with E-state index in [-0.39, 0.29) is 18.5 Å². The summed E-state index contributed by atoms with van der Waals surface area (Å²) < 4.78 is 11.0. The van der Waals surface area contributed by atoms with Crippen LogP contribution in [0.25, 0.3) is 0 Å². The molecule has 2 aromatic rings. The molecule has 3 amide bonds. The van der Waals surface area contributed by atoms with Crippen LogP contribution in [0, 0.1) is 0 Å². The summed E-state index contributed by atoms with van der Waals surface area (Å²) in [4.78, 5) is 32.3. The Balaban J connectivity index is 1.38. The topological polar surface area (TPSA) is 62.3 Å². The van der Waals surface area contributed by atoms with E-state index in [9.17, 15) is 9.59 Å². The number of imide groups is 1. The van der Waals surface area contributed by atoms with E-state index in [1.54, 1.807) is 12.0 Å². The van der Waals surface area contributed by atoms with E-state index in [2.05, 4.69) is 17.0 Å². The molecular formula is C26H33N3O4. The van der Waals surface area contributed by atoms with E-state index >= 15 is 0 Å². The van der Waals surface area contributed by atoms with Crippen LogP contribution in [0.2, 0.25) is 0 Å². The van der Waals surface area contributed by atoms with Gasteiger partial charge in [0.1, 0.15) is 5.54 Å². The highest BCUT2D eigenvalue weighted by Crippen LogP contribution is 2.37. The first-order chi connectivity index (χ1) is 16.1. The normalized spacial score (nSPS) is 18.5. The lowest BCUT2D eigenvalue weighted by Gasteiger charge is -2.42. The molecule has 2 saturated heterocycles. The smallest absolute Gasteiger partial charge is 0.327 e. The van der Waals surface area contributed by atoms with E-state index in [0.29, 0.717) is 39.2 Å². The fraction of sp³-hybridized carbons (Fsp3) is 0.462. The zero-order valence-electron chi connectivity index (χ0n) is 19.3. The van der Waals surface area contributed by atoms with Gasteiger partial charge in [0.2, 0.25) is 0 Å². The third-order valence-electron chi connectivity index (χ3n) is 6.64. The minimum Gasteiger partial charge on any atom is -0.383 e. The highest BCUT2D eigenvalue weighted by Gasteiger charge is 2.57. The number of ether oxygens (including phenoxy) is 2. The number of likely N-dealkylation sites (tertiary alicyclic amines) is 1. The summed E-state index contributed by atoms with van der Waals surface area (Å²) in [6, 6.07) is 20.0. The van der Waals surface area contributed by atoms with Gasteiger partial charge in [-0.05, 0) is 24.0 Å². The molecule has 2 heterocycles. The van der Waals surface area contributed by atoms with Gasteiger partial charge in [-0.1, -0.05) is 60.7 Å². The van der Waals surface area contributed by atoms with Gasteiger partial charge in [0.25, 0.3) is 5.91 Å². The molecule has 33 heavy (non-hydrogen) atoms. The van der Waals surface area contributed by atoms with Crippen LogP contribution >= 0.6 is 0 Å². The van der Waals surface area contributed by atoms with Gasteiger partial charge >= 0.3 is 6.03 Å². The number of hydrogen-bond acceptors (Lipinski definition) is 5. The second-order valence-corrected chi connectivity index (χ2v) is 8.72. The molecule has 0 radical (unpaired) electrons. The molecule has 0 N–H and O–H groups in total. The number of amides is 3. The van der Waals surface area contributed by atoms with Crippen molar-refractivity contribution in [1.29, 1.82) is 0 Å². The van der Waals surface area contributed by atoms with Crippen LogP contribution in [0.5, 0.6) is 0 Å². The molecule has 0 aromatic heterocycles. The summed E-state index contributed by atoms with van der Waals surface area (Å²) in [5.41, 5.74) is 1.55. The Kier molecular flexibility index (Phi) is 7.75. The molecule has 1 spiro atoms. The van der Waals surface area contributed by atoms with Crippen molar-refractivity contribution in [1.82, 2.24) is 14.7 Å². The predicted molar refractivity (Wildman–Crippen MR) is 125 cm³/mol. The second-order valence-electron chi connectivity index (χ2n) is 8.72. The van der Waals surface area contributed by atoms with Crippen molar-refractivity contribution in [2.45, 2.75) is 31.5 Å². The molecule has 2 aliphatic heterocycles. The highest BCUT2D eigenvalue weighted by molar-refractivity contribution is 6.07. The van der Waals surface area contributed by atoms with Crippen molar-refractivity contribution in [3.8, 4) is 0 Å². The summed E-state index contributed by atoms with van der Waals surface area (Å²) in [6.45, 7) is 4.28. The Morgan fingerprint density at radius 1 is 0.848 bits per heavy atom. The van der Waals surface area contributed by atoms with E-state index in [1.165, 1.54) is 10.5 Å². The van der Waals surface area contributed by atoms with Crippen LogP contribution in [0.4, 0.5) is 4.79 Å². The molecule has 7 heteroatoms. The van der Waals surface area contributed by atoms with Crippen LogP contribution in [-0.4, -0.2) is 78.7 Å². The lowest BCUT2D eigenvalue weighted by molar-refractivity contribution is -0.136. The Labute approximate surface area is 195 Å². The molecule has 2 aliphatic rings. The molecular weight excluding hydrogens is 418 g/mol. The summed E-state index contributed by atoms with van der Waals surface area (Å²) >= 11 is 0. The Morgan fingerprint density at radius 3 is 2.12 bits per heavy atom. The third-order valence-corrected chi connectivity index (χ3v) is 6.64. The number of benzene rings is 2. The second kappa shape index (κ2) is 10.9. The molecule has 2 fully saturated rings. The van der Waals surface area contributed by atoms with Gasteiger partial charge in [-0.2, -0.15) is 0 Å². The number of nitrogens with zero attached hydrogens (tertiary/aromatic N) is 3. The lowest BCUT2D eigenvalue weighted by atomic mass is 9.85. The lowest BCUT2D eigenvalue weighted by Crippen LogP contribution is -2.57. The number of urea groups is 1. The van der Waals surface area contributed by atoms with Crippen LogP contribution < -0.4 is 0 Å². The molecule has 0 bridgehead atoms. The predicted octanol–water partition coefficient (Wildman–Crippen LogP) is 3.15. The van der Waals surface area contributed by atoms with Crippen LogP contribution in [-0.2, 0) is 27.4 Å². The van der Waals surface area contributed by atoms with E-state index in [1.807, 2.05) is 48.5 Å². The Morgan fingerprint density at radius 2 is 1.48 bits per heavy atom. The summed E-state index contributed by atoms with van der Waals surface area (Å²) in [7, 11) is 1.62. The van der Waals surface area contributed by atoms with Crippen molar-refractivity contribution in [3.05, 3.63) is 71.8 Å². The first kappa shape index (κ1) is 23.4. The minimum absolute atomic E-state index is 0.0914. The number of methoxy groups -OCH3 is 1. The molecule has 2 aromatic carbocycles. The number of rotatable bonds is 10. The molecule has 0 atom stereocenters. The number of carbonyl (C=O) groups excluding carboxylic acids is 2. The standard InChI is InChI=1S/C26H33N3O4/c1-32-18-17-29-25(31)28(16-19-33-21-23-10-6-3-7-11-23)24(30)26(29)12-14-27(15-13-26)20-22-8-4-2-5-9-22/h2-11H,12-21H2,1H3. The summed E-state index contributed by atoms with van der Waals surface area (Å²) in [6.07, 6.45) is 1.27. The maximum absolute atomic E-state index is 13.5. The van der Waals surface area contributed by atoms with Gasteiger partial charge < -0.3 is 14.4 Å².